The quantitative estimate of drug-likeness (QED) is 0.832. The van der Waals surface area contributed by atoms with Crippen LogP contribution < -0.4 is 10.2 Å². The highest BCUT2D eigenvalue weighted by molar-refractivity contribution is 7.08. The molecule has 1 aromatic heterocycles. The van der Waals surface area contributed by atoms with Gasteiger partial charge in [-0.15, -0.1) is 0 Å². The van der Waals surface area contributed by atoms with Gasteiger partial charge in [-0.05, 0) is 66.5 Å². The average Bonchev–Trinajstić information content (AvgIpc) is 3.22. The Morgan fingerprint density at radius 2 is 2.04 bits per heavy atom. The van der Waals surface area contributed by atoms with Crippen LogP contribution in [0.1, 0.15) is 31.2 Å². The third-order valence-corrected chi connectivity index (χ3v) is 6.27. The van der Waals surface area contributed by atoms with E-state index in [9.17, 15) is 9.90 Å². The van der Waals surface area contributed by atoms with Crippen molar-refractivity contribution in [3.8, 4) is 11.1 Å². The van der Waals surface area contributed by atoms with Crippen LogP contribution in [0, 0.1) is 12.8 Å². The van der Waals surface area contributed by atoms with Crippen molar-refractivity contribution < 1.29 is 9.90 Å². The molecule has 2 aliphatic rings. The summed E-state index contributed by atoms with van der Waals surface area (Å²) in [4.78, 5) is 13.7. The molecule has 4 rings (SSSR count). The van der Waals surface area contributed by atoms with Gasteiger partial charge in [0.15, 0.2) is 0 Å². The van der Waals surface area contributed by atoms with E-state index in [1.165, 1.54) is 12.8 Å². The van der Waals surface area contributed by atoms with Crippen LogP contribution in [-0.4, -0.2) is 29.8 Å². The summed E-state index contributed by atoms with van der Waals surface area (Å²) in [6.45, 7) is 2.60. The van der Waals surface area contributed by atoms with Crippen molar-refractivity contribution in [3.05, 3.63) is 40.6 Å². The Morgan fingerprint density at radius 3 is 2.68 bits per heavy atom. The SMILES string of the molecule is Cc1cccc(-c2ccsc2)c1N(C[C@H]1C[C@H]2CC[C@@H](C1)N2)C(=O)O. The molecule has 2 N–H and O–H groups in total. The standard InChI is InChI=1S/C20H24N2O2S/c1-13-3-2-4-18(15-7-8-25-12-15)19(13)22(20(23)24)11-14-9-16-5-6-17(10-14)21-16/h2-4,7-8,12,14,16-17,21H,5-6,9-11H2,1H3,(H,23,24)/t14-,16+,17-. The molecule has 0 spiro atoms. The minimum absolute atomic E-state index is 0.435. The maximum absolute atomic E-state index is 12.1. The normalized spacial score (nSPS) is 25.1. The summed E-state index contributed by atoms with van der Waals surface area (Å²) in [5, 5.41) is 17.7. The van der Waals surface area contributed by atoms with E-state index in [-0.39, 0.29) is 0 Å². The fraction of sp³-hybridized carbons (Fsp3) is 0.450. The van der Waals surface area contributed by atoms with Crippen molar-refractivity contribution in [2.75, 3.05) is 11.4 Å². The molecule has 2 aromatic rings. The maximum Gasteiger partial charge on any atom is 0.411 e. The van der Waals surface area contributed by atoms with Crippen LogP contribution >= 0.6 is 11.3 Å². The number of carboxylic acid groups (broad SMARTS) is 1. The average molecular weight is 356 g/mol. The first-order valence-electron chi connectivity index (χ1n) is 9.00. The minimum atomic E-state index is -0.850. The summed E-state index contributed by atoms with van der Waals surface area (Å²) in [5.74, 6) is 0.435. The van der Waals surface area contributed by atoms with Gasteiger partial charge in [0.05, 0.1) is 5.69 Å². The number of amides is 1. The van der Waals surface area contributed by atoms with Crippen molar-refractivity contribution in [2.24, 2.45) is 5.92 Å². The Hall–Kier alpha value is -1.85. The molecule has 0 saturated carbocycles. The van der Waals surface area contributed by atoms with E-state index in [4.69, 9.17) is 0 Å². The van der Waals surface area contributed by atoms with Gasteiger partial charge in [0.25, 0.3) is 0 Å². The van der Waals surface area contributed by atoms with Gasteiger partial charge < -0.3 is 10.4 Å². The second-order valence-corrected chi connectivity index (χ2v) is 8.13. The first-order chi connectivity index (χ1) is 12.1. The molecule has 132 valence electrons. The van der Waals surface area contributed by atoms with Crippen LogP contribution in [-0.2, 0) is 0 Å². The van der Waals surface area contributed by atoms with Gasteiger partial charge >= 0.3 is 6.09 Å². The molecule has 2 aliphatic heterocycles. The number of thiophene rings is 1. The first kappa shape index (κ1) is 16.6. The second-order valence-electron chi connectivity index (χ2n) is 7.35. The number of carbonyl (C=O) groups is 1. The third kappa shape index (κ3) is 3.31. The molecule has 0 aliphatic carbocycles. The van der Waals surface area contributed by atoms with E-state index in [1.54, 1.807) is 16.2 Å². The Kier molecular flexibility index (Phi) is 4.52. The van der Waals surface area contributed by atoms with Crippen molar-refractivity contribution in [1.29, 1.82) is 0 Å². The van der Waals surface area contributed by atoms with Crippen molar-refractivity contribution in [1.82, 2.24) is 5.32 Å². The van der Waals surface area contributed by atoms with Gasteiger partial charge in [0.1, 0.15) is 0 Å². The number of para-hydroxylation sites is 1. The van der Waals surface area contributed by atoms with E-state index >= 15 is 0 Å². The lowest BCUT2D eigenvalue weighted by atomic mass is 9.91. The Labute approximate surface area is 152 Å². The zero-order chi connectivity index (χ0) is 17.4. The fourth-order valence-corrected chi connectivity index (χ4v) is 5.17. The molecule has 1 aromatic carbocycles. The molecule has 0 unspecified atom stereocenters. The highest BCUT2D eigenvalue weighted by atomic mass is 32.1. The second kappa shape index (κ2) is 6.81. The Morgan fingerprint density at radius 1 is 1.28 bits per heavy atom. The van der Waals surface area contributed by atoms with E-state index < -0.39 is 6.09 Å². The van der Waals surface area contributed by atoms with Crippen LogP contribution in [0.5, 0.6) is 0 Å². The number of anilines is 1. The number of nitrogens with zero attached hydrogens (tertiary/aromatic N) is 1. The van der Waals surface area contributed by atoms with Crippen LogP contribution in [0.2, 0.25) is 0 Å². The molecular weight excluding hydrogens is 332 g/mol. The Balaban J connectivity index is 1.66. The smallest absolute Gasteiger partial charge is 0.411 e. The number of benzene rings is 1. The molecule has 2 bridgehead atoms. The van der Waals surface area contributed by atoms with Gasteiger partial charge in [0, 0.05) is 24.2 Å². The molecule has 1 amide bonds. The first-order valence-corrected chi connectivity index (χ1v) is 9.95. The van der Waals surface area contributed by atoms with Gasteiger partial charge in [-0.3, -0.25) is 4.90 Å². The molecule has 25 heavy (non-hydrogen) atoms. The molecule has 2 saturated heterocycles. The monoisotopic (exact) mass is 356 g/mol. The van der Waals surface area contributed by atoms with Gasteiger partial charge in [-0.25, -0.2) is 4.79 Å². The maximum atomic E-state index is 12.1. The highest BCUT2D eigenvalue weighted by Crippen LogP contribution is 2.37. The molecule has 3 atom stereocenters. The largest absolute Gasteiger partial charge is 0.465 e. The Bertz CT molecular complexity index is 747. The summed E-state index contributed by atoms with van der Waals surface area (Å²) in [7, 11) is 0. The van der Waals surface area contributed by atoms with E-state index in [0.29, 0.717) is 24.5 Å². The fourth-order valence-electron chi connectivity index (χ4n) is 4.52. The number of fused-ring (bicyclic) bond motifs is 2. The minimum Gasteiger partial charge on any atom is -0.465 e. The summed E-state index contributed by atoms with van der Waals surface area (Å²) in [6.07, 6.45) is 3.79. The van der Waals surface area contributed by atoms with E-state index in [1.807, 2.05) is 30.5 Å². The summed E-state index contributed by atoms with van der Waals surface area (Å²) >= 11 is 1.64. The number of hydrogen-bond acceptors (Lipinski definition) is 3. The zero-order valence-electron chi connectivity index (χ0n) is 14.4. The number of aryl methyl sites for hydroxylation is 1. The number of piperidine rings is 1. The van der Waals surface area contributed by atoms with E-state index in [2.05, 4.69) is 16.8 Å². The third-order valence-electron chi connectivity index (χ3n) is 5.58. The summed E-state index contributed by atoms with van der Waals surface area (Å²) in [6, 6.07) is 9.27. The molecule has 2 fully saturated rings. The van der Waals surface area contributed by atoms with Crippen LogP contribution in [0.4, 0.5) is 10.5 Å². The summed E-state index contributed by atoms with van der Waals surface area (Å²) in [5.41, 5.74) is 3.98. The van der Waals surface area contributed by atoms with Gasteiger partial charge in [-0.2, -0.15) is 11.3 Å². The highest BCUT2D eigenvalue weighted by Gasteiger charge is 2.35. The zero-order valence-corrected chi connectivity index (χ0v) is 15.3. The lowest BCUT2D eigenvalue weighted by molar-refractivity contribution is 0.198. The molecular formula is C20H24N2O2S. The van der Waals surface area contributed by atoms with Crippen molar-refractivity contribution >= 4 is 23.1 Å². The molecule has 3 heterocycles. The topological polar surface area (TPSA) is 52.6 Å². The molecule has 0 radical (unpaired) electrons. The summed E-state index contributed by atoms with van der Waals surface area (Å²) < 4.78 is 0. The van der Waals surface area contributed by atoms with Gasteiger partial charge in [-0.1, -0.05) is 18.2 Å². The van der Waals surface area contributed by atoms with Gasteiger partial charge in [0.2, 0.25) is 0 Å². The lowest BCUT2D eigenvalue weighted by Gasteiger charge is -2.33. The molecule has 5 heteroatoms. The molecule has 4 nitrogen and oxygen atoms in total. The number of hydrogen-bond donors (Lipinski definition) is 2. The van der Waals surface area contributed by atoms with Crippen molar-refractivity contribution in [3.63, 3.8) is 0 Å². The predicted molar refractivity (Wildman–Crippen MR) is 103 cm³/mol. The predicted octanol–water partition coefficient (Wildman–Crippen LogP) is 4.74. The van der Waals surface area contributed by atoms with Crippen LogP contribution in [0.3, 0.4) is 0 Å². The van der Waals surface area contributed by atoms with Crippen LogP contribution in [0.15, 0.2) is 35.0 Å². The van der Waals surface area contributed by atoms with Crippen molar-refractivity contribution in [2.45, 2.75) is 44.7 Å². The lowest BCUT2D eigenvalue weighted by Crippen LogP contribution is -2.43. The number of rotatable bonds is 4. The van der Waals surface area contributed by atoms with E-state index in [0.717, 1.165) is 35.2 Å². The van der Waals surface area contributed by atoms with Crippen LogP contribution in [0.25, 0.3) is 11.1 Å². The number of nitrogens with one attached hydrogen (secondary N) is 1.